The average molecular weight is 399 g/mol. The molecule has 146 valence electrons. The van der Waals surface area contributed by atoms with Crippen LogP contribution in [0.3, 0.4) is 0 Å². The van der Waals surface area contributed by atoms with Gasteiger partial charge in [-0.15, -0.1) is 0 Å². The van der Waals surface area contributed by atoms with Gasteiger partial charge in [0.05, 0.1) is 10.4 Å². The monoisotopic (exact) mass is 399 g/mol. The number of nitrogens with zero attached hydrogens (tertiary/aromatic N) is 2. The summed E-state index contributed by atoms with van der Waals surface area (Å²) >= 11 is 0. The van der Waals surface area contributed by atoms with Crippen molar-refractivity contribution in [3.8, 4) is 0 Å². The highest BCUT2D eigenvalue weighted by Crippen LogP contribution is 2.36. The first-order valence-electron chi connectivity index (χ1n) is 9.47. The van der Waals surface area contributed by atoms with Crippen molar-refractivity contribution in [1.82, 2.24) is 14.2 Å². The SMILES string of the molecule is O=c1[nH]c2ccc(S(=O)(=O)N3CCN(C4CCc5ccccc54)CC3)cc2o1. The lowest BCUT2D eigenvalue weighted by molar-refractivity contribution is 0.137. The summed E-state index contributed by atoms with van der Waals surface area (Å²) in [6.45, 7) is 2.33. The van der Waals surface area contributed by atoms with Crippen LogP contribution in [0.25, 0.3) is 11.1 Å². The lowest BCUT2D eigenvalue weighted by Crippen LogP contribution is -2.49. The van der Waals surface area contributed by atoms with Crippen LogP contribution in [0.1, 0.15) is 23.6 Å². The van der Waals surface area contributed by atoms with Crippen LogP contribution < -0.4 is 5.76 Å². The molecule has 2 aromatic carbocycles. The van der Waals surface area contributed by atoms with Gasteiger partial charge in [0.15, 0.2) is 5.58 Å². The number of fused-ring (bicyclic) bond motifs is 2. The van der Waals surface area contributed by atoms with Gasteiger partial charge in [0.25, 0.3) is 0 Å². The molecule has 1 aliphatic heterocycles. The van der Waals surface area contributed by atoms with E-state index >= 15 is 0 Å². The number of oxazole rings is 1. The molecule has 1 aliphatic carbocycles. The lowest BCUT2D eigenvalue weighted by atomic mass is 10.1. The fourth-order valence-electron chi connectivity index (χ4n) is 4.40. The van der Waals surface area contributed by atoms with Crippen LogP contribution in [0.15, 0.2) is 56.6 Å². The van der Waals surface area contributed by atoms with Crippen LogP contribution in [0.2, 0.25) is 0 Å². The number of hydrogen-bond acceptors (Lipinski definition) is 5. The Hall–Kier alpha value is -2.42. The van der Waals surface area contributed by atoms with Crippen LogP contribution in [-0.4, -0.2) is 48.8 Å². The third-order valence-corrected chi connectivity index (χ3v) is 7.74. The van der Waals surface area contributed by atoms with Crippen LogP contribution in [-0.2, 0) is 16.4 Å². The van der Waals surface area contributed by atoms with Gasteiger partial charge >= 0.3 is 5.76 Å². The van der Waals surface area contributed by atoms with E-state index in [0.29, 0.717) is 37.7 Å². The van der Waals surface area contributed by atoms with Crippen molar-refractivity contribution in [2.75, 3.05) is 26.2 Å². The minimum Gasteiger partial charge on any atom is -0.408 e. The van der Waals surface area contributed by atoms with Crippen LogP contribution >= 0.6 is 0 Å². The molecule has 3 aromatic rings. The summed E-state index contributed by atoms with van der Waals surface area (Å²) in [5.41, 5.74) is 3.54. The predicted molar refractivity (Wildman–Crippen MR) is 105 cm³/mol. The topological polar surface area (TPSA) is 86.6 Å². The minimum absolute atomic E-state index is 0.155. The van der Waals surface area contributed by atoms with E-state index in [0.717, 1.165) is 12.8 Å². The fraction of sp³-hybridized carbons (Fsp3) is 0.350. The molecular formula is C20H21N3O4S. The molecule has 1 fully saturated rings. The van der Waals surface area contributed by atoms with Crippen LogP contribution in [0, 0.1) is 0 Å². The first-order chi connectivity index (χ1) is 13.5. The smallest absolute Gasteiger partial charge is 0.408 e. The van der Waals surface area contributed by atoms with Crippen molar-refractivity contribution in [2.45, 2.75) is 23.8 Å². The van der Waals surface area contributed by atoms with Crippen molar-refractivity contribution >= 4 is 21.1 Å². The second kappa shape index (κ2) is 6.58. The molecule has 0 radical (unpaired) electrons. The molecule has 1 saturated heterocycles. The van der Waals surface area contributed by atoms with Crippen molar-refractivity contribution < 1.29 is 12.8 Å². The molecule has 5 rings (SSSR count). The van der Waals surface area contributed by atoms with E-state index in [1.54, 1.807) is 6.07 Å². The Labute approximate surface area is 162 Å². The Morgan fingerprint density at radius 3 is 2.64 bits per heavy atom. The zero-order valence-corrected chi connectivity index (χ0v) is 16.1. The largest absolute Gasteiger partial charge is 0.417 e. The number of aryl methyl sites for hydroxylation is 1. The van der Waals surface area contributed by atoms with Crippen LogP contribution in [0.5, 0.6) is 0 Å². The zero-order chi connectivity index (χ0) is 19.3. The molecule has 1 unspecified atom stereocenters. The van der Waals surface area contributed by atoms with E-state index in [4.69, 9.17) is 4.42 Å². The highest BCUT2D eigenvalue weighted by atomic mass is 32.2. The second-order valence-corrected chi connectivity index (χ2v) is 9.30. The van der Waals surface area contributed by atoms with E-state index in [2.05, 4.69) is 34.1 Å². The van der Waals surface area contributed by atoms with Gasteiger partial charge in [-0.25, -0.2) is 13.2 Å². The Bertz CT molecular complexity index is 1190. The fourth-order valence-corrected chi connectivity index (χ4v) is 5.84. The normalized spacial score (nSPS) is 21.2. The standard InChI is InChI=1S/C20H21N3O4S/c24-20-21-17-7-6-15(13-19(17)27-20)28(25,26)23-11-9-22(10-12-23)18-8-5-14-3-1-2-4-16(14)18/h1-4,6-7,13,18H,5,8-12H2,(H,21,24). The molecule has 28 heavy (non-hydrogen) atoms. The first kappa shape index (κ1) is 17.7. The Balaban J connectivity index is 1.33. The van der Waals surface area contributed by atoms with Gasteiger partial charge < -0.3 is 4.42 Å². The van der Waals surface area contributed by atoms with Gasteiger partial charge in [-0.05, 0) is 36.1 Å². The van der Waals surface area contributed by atoms with E-state index < -0.39 is 15.8 Å². The van der Waals surface area contributed by atoms with E-state index in [9.17, 15) is 13.2 Å². The van der Waals surface area contributed by atoms with E-state index in [1.807, 2.05) is 0 Å². The summed E-state index contributed by atoms with van der Waals surface area (Å²) < 4.78 is 32.6. The number of nitrogens with one attached hydrogen (secondary N) is 1. The predicted octanol–water partition coefficient (Wildman–Crippen LogP) is 2.11. The maximum atomic E-state index is 13.0. The average Bonchev–Trinajstić information content (AvgIpc) is 3.30. The molecule has 8 heteroatoms. The summed E-state index contributed by atoms with van der Waals surface area (Å²) in [6.07, 6.45) is 2.18. The molecule has 1 aromatic heterocycles. The third-order valence-electron chi connectivity index (χ3n) is 5.85. The number of sulfonamides is 1. The molecule has 0 bridgehead atoms. The lowest BCUT2D eigenvalue weighted by Gasteiger charge is -2.37. The zero-order valence-electron chi connectivity index (χ0n) is 15.3. The molecule has 1 atom stereocenters. The van der Waals surface area contributed by atoms with Gasteiger partial charge in [-0.1, -0.05) is 24.3 Å². The molecule has 7 nitrogen and oxygen atoms in total. The summed E-state index contributed by atoms with van der Waals surface area (Å²) in [7, 11) is -3.62. The van der Waals surface area contributed by atoms with Gasteiger partial charge in [-0.2, -0.15) is 4.31 Å². The molecule has 1 N–H and O–H groups in total. The number of piperazine rings is 1. The van der Waals surface area contributed by atoms with Gasteiger partial charge in [0, 0.05) is 38.3 Å². The number of rotatable bonds is 3. The van der Waals surface area contributed by atoms with Gasteiger partial charge in [0.2, 0.25) is 10.0 Å². The quantitative estimate of drug-likeness (QED) is 0.729. The molecule has 0 spiro atoms. The summed E-state index contributed by atoms with van der Waals surface area (Å²) in [5, 5.41) is 0. The van der Waals surface area contributed by atoms with Gasteiger partial charge in [-0.3, -0.25) is 9.88 Å². The highest BCUT2D eigenvalue weighted by molar-refractivity contribution is 7.89. The molecule has 2 heterocycles. The Morgan fingerprint density at radius 2 is 1.82 bits per heavy atom. The summed E-state index contributed by atoms with van der Waals surface area (Å²) in [4.78, 5) is 16.4. The van der Waals surface area contributed by atoms with Crippen molar-refractivity contribution in [2.24, 2.45) is 0 Å². The minimum atomic E-state index is -3.62. The molecule has 0 saturated carbocycles. The number of aromatic amines is 1. The van der Waals surface area contributed by atoms with Crippen molar-refractivity contribution in [3.05, 3.63) is 64.1 Å². The van der Waals surface area contributed by atoms with Gasteiger partial charge in [0.1, 0.15) is 0 Å². The van der Waals surface area contributed by atoms with Crippen molar-refractivity contribution in [1.29, 1.82) is 0 Å². The number of aromatic nitrogens is 1. The maximum absolute atomic E-state index is 13.0. The number of hydrogen-bond donors (Lipinski definition) is 1. The molecular weight excluding hydrogens is 378 g/mol. The highest BCUT2D eigenvalue weighted by Gasteiger charge is 2.34. The first-order valence-corrected chi connectivity index (χ1v) is 10.9. The Kier molecular flexibility index (Phi) is 4.15. The maximum Gasteiger partial charge on any atom is 0.417 e. The number of benzene rings is 2. The summed E-state index contributed by atoms with van der Waals surface area (Å²) in [5.74, 6) is -0.588. The Morgan fingerprint density at radius 1 is 1.04 bits per heavy atom. The third kappa shape index (κ3) is 2.88. The second-order valence-electron chi connectivity index (χ2n) is 7.37. The van der Waals surface area contributed by atoms with E-state index in [-0.39, 0.29) is 10.5 Å². The molecule has 2 aliphatic rings. The summed E-state index contributed by atoms with van der Waals surface area (Å²) in [6, 6.07) is 13.4. The number of H-pyrrole nitrogens is 1. The van der Waals surface area contributed by atoms with E-state index in [1.165, 1.54) is 27.6 Å². The van der Waals surface area contributed by atoms with Crippen LogP contribution in [0.4, 0.5) is 0 Å². The molecule has 0 amide bonds. The van der Waals surface area contributed by atoms with Crippen molar-refractivity contribution in [3.63, 3.8) is 0 Å².